The number of hydrogen-bond donors (Lipinski definition) is 1. The van der Waals surface area contributed by atoms with Crippen LogP contribution in [0.5, 0.6) is 0 Å². The Morgan fingerprint density at radius 2 is 1.94 bits per heavy atom. The van der Waals surface area contributed by atoms with E-state index >= 15 is 0 Å². The Balaban J connectivity index is 2.31. The first kappa shape index (κ1) is 14.1. The number of aromatic nitrogens is 2. The molecule has 7 heteroatoms. The number of hydrogen-bond acceptors (Lipinski definition) is 6. The van der Waals surface area contributed by atoms with E-state index in [4.69, 9.17) is 10.3 Å². The van der Waals surface area contributed by atoms with Crippen molar-refractivity contribution in [3.05, 3.63) is 11.7 Å². The van der Waals surface area contributed by atoms with Crippen LogP contribution in [-0.2, 0) is 22.0 Å². The van der Waals surface area contributed by atoms with Crippen LogP contribution in [0.1, 0.15) is 37.4 Å². The molecule has 0 amide bonds. The molecule has 0 unspecified atom stereocenters. The predicted octanol–water partition coefficient (Wildman–Crippen LogP) is 0.676. The van der Waals surface area contributed by atoms with Crippen LogP contribution in [0.25, 0.3) is 0 Å². The first-order valence-electron chi connectivity index (χ1n) is 5.70. The minimum Gasteiger partial charge on any atom is -0.339 e. The van der Waals surface area contributed by atoms with E-state index in [0.29, 0.717) is 12.3 Å². The van der Waals surface area contributed by atoms with Gasteiger partial charge in [0.2, 0.25) is 5.89 Å². The molecule has 2 N–H and O–H groups in total. The van der Waals surface area contributed by atoms with Crippen molar-refractivity contribution in [3.8, 4) is 0 Å². The molecule has 0 atom stereocenters. The highest BCUT2D eigenvalue weighted by molar-refractivity contribution is 7.89. The zero-order valence-corrected chi connectivity index (χ0v) is 10.9. The topological polar surface area (TPSA) is 99.1 Å². The summed E-state index contributed by atoms with van der Waals surface area (Å²) in [5.74, 6) is 0.588. The summed E-state index contributed by atoms with van der Waals surface area (Å²) in [6.45, 7) is 0.721. The summed E-state index contributed by atoms with van der Waals surface area (Å²) < 4.78 is 27.0. The van der Waals surface area contributed by atoms with E-state index in [1.807, 2.05) is 0 Å². The van der Waals surface area contributed by atoms with Crippen molar-refractivity contribution in [2.75, 3.05) is 12.8 Å². The minimum atomic E-state index is -3.10. The molecule has 0 spiro atoms. The summed E-state index contributed by atoms with van der Waals surface area (Å²) >= 11 is 0. The summed E-state index contributed by atoms with van der Waals surface area (Å²) in [4.78, 5) is 4.03. The Morgan fingerprint density at radius 3 is 2.59 bits per heavy atom. The van der Waals surface area contributed by atoms with Crippen molar-refractivity contribution >= 4 is 9.84 Å². The standard InChI is InChI=1S/C10H19N3O3S/c1-17(14,15)8-9-12-10(16-13-9)6-4-2-3-5-7-11/h2-8,11H2,1H3. The van der Waals surface area contributed by atoms with Gasteiger partial charge in [0.15, 0.2) is 15.7 Å². The Kier molecular flexibility index (Phi) is 5.57. The molecule has 0 aromatic carbocycles. The maximum Gasteiger partial charge on any atom is 0.226 e. The summed E-state index contributed by atoms with van der Waals surface area (Å²) in [6, 6.07) is 0. The lowest BCUT2D eigenvalue weighted by Gasteiger charge is -1.96. The van der Waals surface area contributed by atoms with Gasteiger partial charge in [0, 0.05) is 12.7 Å². The first-order chi connectivity index (χ1) is 8.01. The van der Waals surface area contributed by atoms with E-state index in [1.54, 1.807) is 0 Å². The van der Waals surface area contributed by atoms with Gasteiger partial charge in [-0.3, -0.25) is 0 Å². The fourth-order valence-electron chi connectivity index (χ4n) is 1.46. The quantitative estimate of drug-likeness (QED) is 0.691. The normalized spacial score (nSPS) is 11.9. The highest BCUT2D eigenvalue weighted by atomic mass is 32.2. The molecule has 1 rings (SSSR count). The maximum absolute atomic E-state index is 11.0. The molecule has 0 fully saturated rings. The molecule has 0 aliphatic heterocycles. The molecule has 1 aromatic heterocycles. The lowest BCUT2D eigenvalue weighted by atomic mass is 10.1. The highest BCUT2D eigenvalue weighted by Gasteiger charge is 2.11. The molecular formula is C10H19N3O3S. The molecule has 17 heavy (non-hydrogen) atoms. The maximum atomic E-state index is 11.0. The number of nitrogens with two attached hydrogens (primary N) is 1. The van der Waals surface area contributed by atoms with Gasteiger partial charge in [-0.2, -0.15) is 4.98 Å². The molecule has 0 aliphatic carbocycles. The second-order valence-electron chi connectivity index (χ2n) is 4.13. The van der Waals surface area contributed by atoms with Gasteiger partial charge in [-0.1, -0.05) is 18.0 Å². The SMILES string of the molecule is CS(=O)(=O)Cc1noc(CCCCCCN)n1. The molecule has 0 aliphatic rings. The fraction of sp³-hybridized carbons (Fsp3) is 0.800. The van der Waals surface area contributed by atoms with Crippen molar-refractivity contribution in [2.24, 2.45) is 5.73 Å². The Morgan fingerprint density at radius 1 is 1.24 bits per heavy atom. The number of sulfone groups is 1. The zero-order valence-electron chi connectivity index (χ0n) is 10.1. The Bertz CT molecular complexity index is 428. The van der Waals surface area contributed by atoms with Gasteiger partial charge in [-0.05, 0) is 19.4 Å². The van der Waals surface area contributed by atoms with Gasteiger partial charge in [0.1, 0.15) is 5.75 Å². The summed E-state index contributed by atoms with van der Waals surface area (Å²) in [5.41, 5.74) is 5.39. The lowest BCUT2D eigenvalue weighted by molar-refractivity contribution is 0.369. The smallest absolute Gasteiger partial charge is 0.226 e. The van der Waals surface area contributed by atoms with Crippen LogP contribution in [-0.4, -0.2) is 31.4 Å². The van der Waals surface area contributed by atoms with Crippen molar-refractivity contribution in [2.45, 2.75) is 37.9 Å². The van der Waals surface area contributed by atoms with E-state index in [0.717, 1.165) is 38.5 Å². The van der Waals surface area contributed by atoms with Gasteiger partial charge >= 0.3 is 0 Å². The third kappa shape index (κ3) is 6.38. The third-order valence-electron chi connectivity index (χ3n) is 2.25. The van der Waals surface area contributed by atoms with Gasteiger partial charge in [0.05, 0.1) is 0 Å². The van der Waals surface area contributed by atoms with Gasteiger partial charge in [-0.15, -0.1) is 0 Å². The highest BCUT2D eigenvalue weighted by Crippen LogP contribution is 2.07. The summed E-state index contributed by atoms with van der Waals surface area (Å²) in [6.07, 6.45) is 6.00. The second kappa shape index (κ2) is 6.70. The zero-order chi connectivity index (χ0) is 12.7. The van der Waals surface area contributed by atoms with Crippen LogP contribution in [0.2, 0.25) is 0 Å². The van der Waals surface area contributed by atoms with Crippen molar-refractivity contribution in [1.82, 2.24) is 10.1 Å². The molecule has 1 heterocycles. The molecule has 0 saturated carbocycles. The number of unbranched alkanes of at least 4 members (excludes halogenated alkanes) is 3. The van der Waals surface area contributed by atoms with Crippen LogP contribution in [0.4, 0.5) is 0 Å². The van der Waals surface area contributed by atoms with Crippen LogP contribution >= 0.6 is 0 Å². The molecule has 98 valence electrons. The van der Waals surface area contributed by atoms with E-state index < -0.39 is 9.84 Å². The van der Waals surface area contributed by atoms with Crippen LogP contribution in [0.3, 0.4) is 0 Å². The lowest BCUT2D eigenvalue weighted by Crippen LogP contribution is -2.02. The van der Waals surface area contributed by atoms with E-state index in [2.05, 4.69) is 10.1 Å². The number of aryl methyl sites for hydroxylation is 1. The molecule has 6 nitrogen and oxygen atoms in total. The van der Waals surface area contributed by atoms with Crippen LogP contribution in [0, 0.1) is 0 Å². The minimum absolute atomic E-state index is 0.163. The number of nitrogens with zero attached hydrogens (tertiary/aromatic N) is 2. The average Bonchev–Trinajstić information content (AvgIpc) is 2.63. The van der Waals surface area contributed by atoms with Crippen molar-refractivity contribution in [3.63, 3.8) is 0 Å². The fourth-order valence-corrected chi connectivity index (χ4v) is 2.05. The molecular weight excluding hydrogens is 242 g/mol. The molecule has 1 aromatic rings. The van der Waals surface area contributed by atoms with E-state index in [9.17, 15) is 8.42 Å². The number of rotatable bonds is 8. The van der Waals surface area contributed by atoms with E-state index in [-0.39, 0.29) is 11.6 Å². The largest absolute Gasteiger partial charge is 0.339 e. The van der Waals surface area contributed by atoms with Crippen molar-refractivity contribution < 1.29 is 12.9 Å². The first-order valence-corrected chi connectivity index (χ1v) is 7.76. The monoisotopic (exact) mass is 261 g/mol. The average molecular weight is 261 g/mol. The van der Waals surface area contributed by atoms with Crippen LogP contribution in [0.15, 0.2) is 4.52 Å². The van der Waals surface area contributed by atoms with Gasteiger partial charge in [-0.25, -0.2) is 8.42 Å². The molecule has 0 saturated heterocycles. The second-order valence-corrected chi connectivity index (χ2v) is 6.27. The summed E-state index contributed by atoms with van der Waals surface area (Å²) in [7, 11) is -3.10. The molecule has 0 bridgehead atoms. The Hall–Kier alpha value is -0.950. The predicted molar refractivity (Wildman–Crippen MR) is 64.1 cm³/mol. The molecule has 0 radical (unpaired) electrons. The van der Waals surface area contributed by atoms with Gasteiger partial charge in [0.25, 0.3) is 0 Å². The summed E-state index contributed by atoms with van der Waals surface area (Å²) in [5, 5.41) is 3.63. The van der Waals surface area contributed by atoms with Crippen LogP contribution < -0.4 is 5.73 Å². The van der Waals surface area contributed by atoms with E-state index in [1.165, 1.54) is 0 Å². The van der Waals surface area contributed by atoms with Gasteiger partial charge < -0.3 is 10.3 Å². The Labute approximate surface area is 102 Å². The van der Waals surface area contributed by atoms with Crippen molar-refractivity contribution in [1.29, 1.82) is 0 Å². The third-order valence-corrected chi connectivity index (χ3v) is 3.03.